The second kappa shape index (κ2) is 11.7. The maximum absolute atomic E-state index is 14.8. The summed E-state index contributed by atoms with van der Waals surface area (Å²) < 4.78 is 99.6. The SMILES string of the molecule is CCCCCCCc1cc(F)c(-c2ccc(C#Cc3cc(F)c4c(F)c(F)c(F)cc4c3)c(F)c2)c(F)c1. The van der Waals surface area contributed by atoms with Crippen molar-refractivity contribution in [3.05, 3.63) is 106 Å². The quantitative estimate of drug-likeness (QED) is 0.0970. The van der Waals surface area contributed by atoms with Crippen LogP contribution in [0.3, 0.4) is 0 Å². The molecule has 0 aliphatic rings. The predicted octanol–water partition coefficient (Wildman–Crippen LogP) is 9.39. The molecule has 7 heteroatoms. The van der Waals surface area contributed by atoms with Gasteiger partial charge in [0.25, 0.3) is 0 Å². The molecule has 0 unspecified atom stereocenters. The Morgan fingerprint density at radius 3 is 2.00 bits per heavy atom. The van der Waals surface area contributed by atoms with E-state index in [1.165, 1.54) is 24.3 Å². The Kier molecular flexibility index (Phi) is 8.41. The highest BCUT2D eigenvalue weighted by Gasteiger charge is 2.18. The Hall–Kier alpha value is -3.79. The Bertz CT molecular complexity index is 1540. The van der Waals surface area contributed by atoms with E-state index < -0.39 is 46.1 Å². The monoisotopic (exact) mass is 528 g/mol. The van der Waals surface area contributed by atoms with Crippen molar-refractivity contribution in [1.82, 2.24) is 0 Å². The molecule has 0 saturated carbocycles. The van der Waals surface area contributed by atoms with Crippen LogP contribution in [-0.2, 0) is 6.42 Å². The Labute approximate surface area is 216 Å². The van der Waals surface area contributed by atoms with Gasteiger partial charge in [-0.1, -0.05) is 50.5 Å². The van der Waals surface area contributed by atoms with Gasteiger partial charge in [-0.05, 0) is 71.8 Å². The van der Waals surface area contributed by atoms with Crippen LogP contribution in [0.1, 0.15) is 55.7 Å². The first kappa shape index (κ1) is 27.3. The number of unbranched alkanes of at least 4 members (excludes halogenated alkanes) is 4. The van der Waals surface area contributed by atoms with E-state index in [0.29, 0.717) is 18.1 Å². The van der Waals surface area contributed by atoms with E-state index in [-0.39, 0.29) is 27.6 Å². The molecule has 0 bridgehead atoms. The summed E-state index contributed by atoms with van der Waals surface area (Å²) in [5, 5.41) is -0.978. The fourth-order valence-corrected chi connectivity index (χ4v) is 4.35. The van der Waals surface area contributed by atoms with E-state index in [1.807, 2.05) is 0 Å². The third-order valence-corrected chi connectivity index (χ3v) is 6.30. The highest BCUT2D eigenvalue weighted by atomic mass is 19.2. The Morgan fingerprint density at radius 1 is 0.605 bits per heavy atom. The summed E-state index contributed by atoms with van der Waals surface area (Å²) in [5.74, 6) is -3.58. The first-order valence-corrected chi connectivity index (χ1v) is 12.3. The first-order valence-electron chi connectivity index (χ1n) is 12.3. The Balaban J connectivity index is 1.58. The minimum absolute atomic E-state index is 0.0118. The van der Waals surface area contributed by atoms with Crippen LogP contribution in [0.25, 0.3) is 21.9 Å². The van der Waals surface area contributed by atoms with Gasteiger partial charge in [0.1, 0.15) is 23.3 Å². The minimum Gasteiger partial charge on any atom is -0.206 e. The fraction of sp³-hybridized carbons (Fsp3) is 0.226. The van der Waals surface area contributed by atoms with Gasteiger partial charge in [0.2, 0.25) is 0 Å². The van der Waals surface area contributed by atoms with Crippen LogP contribution in [0.15, 0.2) is 48.5 Å². The average Bonchev–Trinajstić information content (AvgIpc) is 2.86. The number of hydrogen-bond acceptors (Lipinski definition) is 0. The molecule has 0 nitrogen and oxygen atoms in total. The Morgan fingerprint density at radius 2 is 1.32 bits per heavy atom. The molecule has 0 aromatic heterocycles. The van der Waals surface area contributed by atoms with E-state index >= 15 is 0 Å². The number of rotatable bonds is 7. The molecule has 0 radical (unpaired) electrons. The molecule has 4 rings (SSSR count). The predicted molar refractivity (Wildman–Crippen MR) is 134 cm³/mol. The normalized spacial score (nSPS) is 11.1. The van der Waals surface area contributed by atoms with Crippen LogP contribution in [0, 0.1) is 52.6 Å². The van der Waals surface area contributed by atoms with Crippen LogP contribution in [0.4, 0.5) is 30.7 Å². The number of halogens is 7. The smallest absolute Gasteiger partial charge is 0.195 e. The summed E-state index contributed by atoms with van der Waals surface area (Å²) in [6.45, 7) is 2.11. The van der Waals surface area contributed by atoms with Gasteiger partial charge in [0.05, 0.1) is 16.5 Å². The molecule has 4 aromatic carbocycles. The molecule has 0 aliphatic heterocycles. The van der Waals surface area contributed by atoms with E-state index in [9.17, 15) is 30.7 Å². The van der Waals surface area contributed by atoms with Gasteiger partial charge < -0.3 is 0 Å². The molecule has 0 fully saturated rings. The molecule has 0 N–H and O–H groups in total. The summed E-state index contributed by atoms with van der Waals surface area (Å²) in [6, 6.07) is 8.60. The van der Waals surface area contributed by atoms with Gasteiger partial charge >= 0.3 is 0 Å². The maximum atomic E-state index is 14.8. The van der Waals surface area contributed by atoms with Crippen molar-refractivity contribution in [2.24, 2.45) is 0 Å². The van der Waals surface area contributed by atoms with Gasteiger partial charge in [-0.15, -0.1) is 0 Å². The summed E-state index contributed by atoms with van der Waals surface area (Å²) in [4.78, 5) is 0. The lowest BCUT2D eigenvalue weighted by molar-refractivity contribution is 0.451. The largest absolute Gasteiger partial charge is 0.206 e. The molecule has 0 amide bonds. The average molecular weight is 529 g/mol. The van der Waals surface area contributed by atoms with Crippen LogP contribution in [-0.4, -0.2) is 0 Å². The standard InChI is InChI=1S/C31H23F7/c1-2-3-4-5-6-7-18-13-24(33)28(25(34)14-18)21-11-10-20(23(32)16-21)9-8-19-12-22-17-27(36)30(37)31(38)29(22)26(35)15-19/h10-17H,2-7H2,1H3. The van der Waals surface area contributed by atoms with Gasteiger partial charge in [-0.2, -0.15) is 0 Å². The zero-order valence-electron chi connectivity index (χ0n) is 20.5. The fourth-order valence-electron chi connectivity index (χ4n) is 4.35. The number of hydrogen-bond donors (Lipinski definition) is 0. The van der Waals surface area contributed by atoms with E-state index in [4.69, 9.17) is 0 Å². The molecule has 0 spiro atoms. The summed E-state index contributed by atoms with van der Waals surface area (Å²) in [6.07, 6.45) is 5.64. The van der Waals surface area contributed by atoms with Crippen molar-refractivity contribution in [3.8, 4) is 23.0 Å². The first-order chi connectivity index (χ1) is 18.2. The maximum Gasteiger partial charge on any atom is 0.195 e. The van der Waals surface area contributed by atoms with Crippen LogP contribution in [0.2, 0.25) is 0 Å². The highest BCUT2D eigenvalue weighted by molar-refractivity contribution is 5.85. The summed E-state index contributed by atoms with van der Waals surface area (Å²) in [5.41, 5.74) is -0.0110. The molecule has 0 atom stereocenters. The van der Waals surface area contributed by atoms with Crippen molar-refractivity contribution in [2.75, 3.05) is 0 Å². The van der Waals surface area contributed by atoms with Crippen LogP contribution >= 0.6 is 0 Å². The third kappa shape index (κ3) is 5.85. The molecule has 38 heavy (non-hydrogen) atoms. The van der Waals surface area contributed by atoms with Crippen LogP contribution in [0.5, 0.6) is 0 Å². The molecule has 0 aliphatic carbocycles. The van der Waals surface area contributed by atoms with E-state index in [1.54, 1.807) is 0 Å². The molecular weight excluding hydrogens is 505 g/mol. The van der Waals surface area contributed by atoms with Crippen molar-refractivity contribution in [2.45, 2.75) is 45.4 Å². The van der Waals surface area contributed by atoms with Gasteiger partial charge in [-0.3, -0.25) is 0 Å². The zero-order chi connectivity index (χ0) is 27.4. The molecular formula is C31H23F7. The van der Waals surface area contributed by atoms with E-state index in [0.717, 1.165) is 50.3 Å². The molecule has 4 aromatic rings. The van der Waals surface area contributed by atoms with Crippen molar-refractivity contribution in [3.63, 3.8) is 0 Å². The van der Waals surface area contributed by atoms with Gasteiger partial charge in [0, 0.05) is 5.56 Å². The lowest BCUT2D eigenvalue weighted by atomic mass is 9.98. The summed E-state index contributed by atoms with van der Waals surface area (Å²) >= 11 is 0. The minimum atomic E-state index is -1.79. The molecule has 0 heterocycles. The molecule has 196 valence electrons. The van der Waals surface area contributed by atoms with Crippen molar-refractivity contribution in [1.29, 1.82) is 0 Å². The summed E-state index contributed by atoms with van der Waals surface area (Å²) in [7, 11) is 0. The number of fused-ring (bicyclic) bond motifs is 1. The lowest BCUT2D eigenvalue weighted by Crippen LogP contribution is -1.97. The second-order valence-electron chi connectivity index (χ2n) is 9.09. The van der Waals surface area contributed by atoms with Crippen molar-refractivity contribution < 1.29 is 30.7 Å². The highest BCUT2D eigenvalue weighted by Crippen LogP contribution is 2.30. The van der Waals surface area contributed by atoms with Crippen LogP contribution < -0.4 is 0 Å². The topological polar surface area (TPSA) is 0 Å². The second-order valence-corrected chi connectivity index (χ2v) is 9.09. The van der Waals surface area contributed by atoms with Crippen molar-refractivity contribution >= 4 is 10.8 Å². The number of benzene rings is 4. The lowest BCUT2D eigenvalue weighted by Gasteiger charge is -2.09. The van der Waals surface area contributed by atoms with Gasteiger partial charge in [0.15, 0.2) is 17.5 Å². The molecule has 0 saturated heterocycles. The van der Waals surface area contributed by atoms with E-state index in [2.05, 4.69) is 18.8 Å². The van der Waals surface area contributed by atoms with Gasteiger partial charge in [-0.25, -0.2) is 30.7 Å². The third-order valence-electron chi connectivity index (χ3n) is 6.30. The zero-order valence-corrected chi connectivity index (χ0v) is 20.5. The number of aryl methyl sites for hydroxylation is 1.